The highest BCUT2D eigenvalue weighted by atomic mass is 16.6. The molecule has 11 heteroatoms. The van der Waals surface area contributed by atoms with Gasteiger partial charge in [-0.2, -0.15) is 0 Å². The molecule has 0 heterocycles. The predicted molar refractivity (Wildman–Crippen MR) is 217 cm³/mol. The van der Waals surface area contributed by atoms with Crippen molar-refractivity contribution in [2.75, 3.05) is 0 Å². The lowest BCUT2D eigenvalue weighted by atomic mass is 9.45. The minimum absolute atomic E-state index is 0.00414. The van der Waals surface area contributed by atoms with Crippen molar-refractivity contribution in [1.29, 1.82) is 0 Å². The van der Waals surface area contributed by atoms with Crippen molar-refractivity contribution in [3.05, 3.63) is 23.3 Å². The van der Waals surface area contributed by atoms with Gasteiger partial charge in [-0.1, -0.05) is 56.8 Å². The molecule has 0 aliphatic heterocycles. The van der Waals surface area contributed by atoms with Crippen molar-refractivity contribution in [3.8, 4) is 24.7 Å². The van der Waals surface area contributed by atoms with E-state index in [0.717, 1.165) is 36.8 Å². The highest BCUT2D eigenvalue weighted by Gasteiger charge is 2.70. The van der Waals surface area contributed by atoms with Gasteiger partial charge in [0.05, 0.1) is 18.3 Å². The van der Waals surface area contributed by atoms with Crippen LogP contribution in [0.5, 0.6) is 0 Å². The molecule has 0 radical (unpaired) electrons. The molecule has 324 valence electrons. The molecule has 8 rings (SSSR count). The molecule has 8 aliphatic rings. The average molecular weight is 819 g/mol. The van der Waals surface area contributed by atoms with E-state index in [9.17, 15) is 39.9 Å². The zero-order chi connectivity index (χ0) is 43.2. The molecule has 59 heavy (non-hydrogen) atoms. The minimum Gasteiger partial charge on any atom is -0.462 e. The van der Waals surface area contributed by atoms with E-state index < -0.39 is 52.4 Å². The fraction of sp³-hybridized carbons (Fsp3) is 0.771. The number of esters is 3. The van der Waals surface area contributed by atoms with Gasteiger partial charge in [0, 0.05) is 49.9 Å². The van der Waals surface area contributed by atoms with E-state index in [-0.39, 0.29) is 70.5 Å². The number of fused-ring (bicyclic) bond motifs is 10. The summed E-state index contributed by atoms with van der Waals surface area (Å²) in [6.45, 7) is 12.5. The van der Waals surface area contributed by atoms with Gasteiger partial charge in [-0.3, -0.25) is 14.4 Å². The summed E-state index contributed by atoms with van der Waals surface area (Å²) >= 11 is 0. The lowest BCUT2D eigenvalue weighted by Crippen LogP contribution is -2.63. The van der Waals surface area contributed by atoms with Crippen LogP contribution in [0.15, 0.2) is 23.3 Å². The zero-order valence-corrected chi connectivity index (χ0v) is 35.9. The van der Waals surface area contributed by atoms with Gasteiger partial charge in [-0.05, 0) is 111 Å². The highest BCUT2D eigenvalue weighted by molar-refractivity contribution is 5.67. The van der Waals surface area contributed by atoms with Gasteiger partial charge < -0.3 is 39.7 Å². The Morgan fingerprint density at radius 1 is 0.661 bits per heavy atom. The van der Waals surface area contributed by atoms with Gasteiger partial charge in [-0.15, -0.1) is 12.8 Å². The molecule has 5 N–H and O–H groups in total. The van der Waals surface area contributed by atoms with Crippen molar-refractivity contribution in [1.82, 2.24) is 0 Å². The van der Waals surface area contributed by atoms with Crippen molar-refractivity contribution in [2.45, 2.75) is 173 Å². The third-order valence-corrected chi connectivity index (χ3v) is 17.8. The summed E-state index contributed by atoms with van der Waals surface area (Å²) in [6.07, 6.45) is 20.1. The summed E-state index contributed by atoms with van der Waals surface area (Å²) in [4.78, 5) is 36.0. The summed E-state index contributed by atoms with van der Waals surface area (Å²) in [5.41, 5.74) is -2.14. The topological polar surface area (TPSA) is 180 Å². The maximum atomic E-state index is 12.2. The average Bonchev–Trinajstić information content (AvgIpc) is 3.57. The van der Waals surface area contributed by atoms with E-state index in [4.69, 9.17) is 27.1 Å². The second kappa shape index (κ2) is 15.0. The van der Waals surface area contributed by atoms with E-state index in [2.05, 4.69) is 25.7 Å². The number of rotatable bonds is 3. The van der Waals surface area contributed by atoms with Crippen LogP contribution in [0.1, 0.15) is 126 Å². The third-order valence-electron chi connectivity index (χ3n) is 17.8. The Morgan fingerprint density at radius 3 is 1.76 bits per heavy atom. The van der Waals surface area contributed by atoms with Crippen LogP contribution in [-0.4, -0.2) is 91.3 Å². The van der Waals surface area contributed by atoms with E-state index in [0.29, 0.717) is 51.4 Å². The number of ether oxygens (including phenoxy) is 3. The van der Waals surface area contributed by atoms with Gasteiger partial charge in [0.25, 0.3) is 0 Å². The number of terminal acetylenes is 2. The zero-order valence-electron chi connectivity index (χ0n) is 35.9. The lowest BCUT2D eigenvalue weighted by Gasteiger charge is -2.61. The lowest BCUT2D eigenvalue weighted by molar-refractivity contribution is -0.200. The van der Waals surface area contributed by atoms with Gasteiger partial charge in [0.1, 0.15) is 29.5 Å². The SMILES string of the molecule is C#C[C@]1(O)CCC2C3C([C@H](O)C[C@@]21C)[C@@]1(C)CC[C@H](O)CC1=C[C@@H]3O.C#C[C@]1(O)CCC2C3C([C@H](OC(C)=O)C[C@@]21C)[C@@]1(C)CC[C@H](OC(C)=O)CC1=C[C@@H]3OC(C)=O. The largest absolute Gasteiger partial charge is 0.462 e. The second-order valence-electron chi connectivity index (χ2n) is 20.6. The Hall–Kier alpha value is -3.19. The highest BCUT2D eigenvalue weighted by Crippen LogP contribution is 2.69. The van der Waals surface area contributed by atoms with Crippen molar-refractivity contribution < 1.29 is 54.1 Å². The summed E-state index contributed by atoms with van der Waals surface area (Å²) in [6, 6.07) is 0. The van der Waals surface area contributed by atoms with Crippen LogP contribution in [0.25, 0.3) is 0 Å². The maximum Gasteiger partial charge on any atom is 0.303 e. The molecule has 0 aromatic carbocycles. The van der Waals surface area contributed by atoms with Crippen molar-refractivity contribution >= 4 is 17.9 Å². The number of hydrogen-bond acceptors (Lipinski definition) is 11. The quantitative estimate of drug-likeness (QED) is 0.113. The van der Waals surface area contributed by atoms with Crippen LogP contribution >= 0.6 is 0 Å². The molecule has 0 aromatic rings. The summed E-state index contributed by atoms with van der Waals surface area (Å²) in [7, 11) is 0. The first-order valence-corrected chi connectivity index (χ1v) is 21.9. The fourth-order valence-corrected chi connectivity index (χ4v) is 14.9. The number of aliphatic hydroxyl groups is 5. The normalized spacial score (nSPS) is 50.3. The molecule has 0 bridgehead atoms. The summed E-state index contributed by atoms with van der Waals surface area (Å²) in [5.74, 6) is 3.82. The van der Waals surface area contributed by atoms with Crippen LogP contribution in [0.4, 0.5) is 0 Å². The third kappa shape index (κ3) is 6.72. The standard InChI is InChI=1S/C27H36O7.C21H30O4/c1-7-27(31)11-9-20-23-21(33-16(3)29)13-18-12-19(32-15(2)28)8-10-25(18,5)24(23)22(34-17(4)30)14-26(20,27)6;1-4-21(25)8-6-14-17-15(23)10-12-9-13(22)5-7-19(12,2)18(17)16(24)11-20(14,21)3/h1,13,19-24,31H,8-12,14H2,2-6H3;1,10,13-18,22-25H,5-9,11H2,2-3H3/t19-,20?,21-,22+,23?,24?,25-,26-,27-;13-,14?,15-,16+,17?,18?,19-,20-,21-/m00/s1. The van der Waals surface area contributed by atoms with Crippen LogP contribution in [0.3, 0.4) is 0 Å². The molecular formula is C48H66O11. The van der Waals surface area contributed by atoms with Crippen LogP contribution < -0.4 is 0 Å². The minimum atomic E-state index is -1.32. The molecule has 0 spiro atoms. The maximum absolute atomic E-state index is 12.2. The van der Waals surface area contributed by atoms with Gasteiger partial charge in [0.15, 0.2) is 0 Å². The first-order chi connectivity index (χ1) is 27.5. The molecule has 0 saturated heterocycles. The first kappa shape index (κ1) is 43.9. The van der Waals surface area contributed by atoms with Crippen molar-refractivity contribution in [3.63, 3.8) is 0 Å². The second-order valence-corrected chi connectivity index (χ2v) is 20.6. The van der Waals surface area contributed by atoms with Crippen molar-refractivity contribution in [2.24, 2.45) is 57.2 Å². The summed E-state index contributed by atoms with van der Waals surface area (Å²) < 4.78 is 17.4. The molecular weight excluding hydrogens is 753 g/mol. The Labute approximate surface area is 349 Å². The molecule has 8 aliphatic carbocycles. The molecule has 6 fully saturated rings. The van der Waals surface area contributed by atoms with Gasteiger partial charge >= 0.3 is 17.9 Å². The van der Waals surface area contributed by atoms with Gasteiger partial charge in [0.2, 0.25) is 0 Å². The monoisotopic (exact) mass is 818 g/mol. The molecule has 0 amide bonds. The number of carbonyl (C=O) groups is 3. The molecule has 0 aromatic heterocycles. The van der Waals surface area contributed by atoms with Crippen LogP contribution in [0, 0.1) is 81.9 Å². The smallest absolute Gasteiger partial charge is 0.303 e. The Bertz CT molecular complexity index is 1870. The Morgan fingerprint density at radius 2 is 1.19 bits per heavy atom. The van der Waals surface area contributed by atoms with E-state index >= 15 is 0 Å². The van der Waals surface area contributed by atoms with E-state index in [1.165, 1.54) is 20.8 Å². The number of hydrogen-bond donors (Lipinski definition) is 5. The molecule has 6 saturated carbocycles. The van der Waals surface area contributed by atoms with Gasteiger partial charge in [-0.25, -0.2) is 0 Å². The number of aliphatic hydroxyl groups excluding tert-OH is 3. The van der Waals surface area contributed by atoms with Crippen LogP contribution in [0.2, 0.25) is 0 Å². The molecule has 18 atom stereocenters. The van der Waals surface area contributed by atoms with E-state index in [1.807, 2.05) is 26.0 Å². The molecule has 6 unspecified atom stereocenters. The first-order valence-electron chi connectivity index (χ1n) is 21.9. The number of carbonyl (C=O) groups excluding carboxylic acids is 3. The molecule has 11 nitrogen and oxygen atoms in total. The fourth-order valence-electron chi connectivity index (χ4n) is 14.9. The van der Waals surface area contributed by atoms with E-state index in [1.54, 1.807) is 0 Å². The Balaban J connectivity index is 0.000000187. The summed E-state index contributed by atoms with van der Waals surface area (Å²) in [5, 5.41) is 54.6. The Kier molecular flexibility index (Phi) is 11.2. The predicted octanol–water partition coefficient (Wildman–Crippen LogP) is 4.94. The van der Waals surface area contributed by atoms with Crippen LogP contribution in [-0.2, 0) is 28.6 Å².